The Morgan fingerprint density at radius 2 is 2.32 bits per heavy atom. The Labute approximate surface area is 116 Å². The molecule has 19 heavy (non-hydrogen) atoms. The largest absolute Gasteiger partial charge is 0.492 e. The second-order valence-electron chi connectivity index (χ2n) is 4.17. The van der Waals surface area contributed by atoms with Crippen LogP contribution in [-0.2, 0) is 6.42 Å². The zero-order valence-electron chi connectivity index (χ0n) is 11.1. The first kappa shape index (κ1) is 13.9. The van der Waals surface area contributed by atoms with Crippen LogP contribution < -0.4 is 16.0 Å². The molecule has 0 fully saturated rings. The summed E-state index contributed by atoms with van der Waals surface area (Å²) in [4.78, 5) is 8.63. The molecular weight excluding hydrogens is 260 g/mol. The molecule has 3 N–H and O–H groups in total. The van der Waals surface area contributed by atoms with Gasteiger partial charge in [-0.25, -0.2) is 4.98 Å². The van der Waals surface area contributed by atoms with E-state index in [9.17, 15) is 0 Å². The van der Waals surface area contributed by atoms with Crippen LogP contribution in [0.2, 0.25) is 0 Å². The van der Waals surface area contributed by atoms with E-state index in [1.165, 1.54) is 0 Å². The molecule has 0 saturated heterocycles. The molecule has 0 aromatic carbocycles. The van der Waals surface area contributed by atoms with Crippen LogP contribution in [0.25, 0.3) is 0 Å². The molecule has 5 nitrogen and oxygen atoms in total. The molecule has 0 saturated carbocycles. The maximum atomic E-state index is 5.64. The molecule has 0 aliphatic heterocycles. The summed E-state index contributed by atoms with van der Waals surface area (Å²) < 4.78 is 5.45. The number of pyridine rings is 1. The van der Waals surface area contributed by atoms with E-state index in [4.69, 9.17) is 10.6 Å². The van der Waals surface area contributed by atoms with Crippen LogP contribution in [0.5, 0.6) is 5.75 Å². The molecule has 2 aromatic rings. The number of hydrogen-bond donors (Lipinski definition) is 2. The van der Waals surface area contributed by atoms with Crippen molar-refractivity contribution >= 4 is 11.3 Å². The van der Waals surface area contributed by atoms with Gasteiger partial charge in [-0.3, -0.25) is 16.3 Å². The second-order valence-corrected chi connectivity index (χ2v) is 5.23. The third-order valence-electron chi connectivity index (χ3n) is 2.73. The summed E-state index contributed by atoms with van der Waals surface area (Å²) in [5.41, 5.74) is 4.85. The molecule has 0 aliphatic carbocycles. The average molecular weight is 278 g/mol. The highest BCUT2D eigenvalue weighted by Gasteiger charge is 2.13. The van der Waals surface area contributed by atoms with E-state index < -0.39 is 0 Å². The number of rotatable bonds is 6. The fourth-order valence-electron chi connectivity index (χ4n) is 1.86. The Bertz CT molecular complexity index is 529. The molecule has 0 spiro atoms. The second kappa shape index (κ2) is 6.60. The molecule has 2 rings (SSSR count). The van der Waals surface area contributed by atoms with Crippen molar-refractivity contribution < 1.29 is 4.74 Å². The minimum atomic E-state index is -0.0191. The van der Waals surface area contributed by atoms with E-state index >= 15 is 0 Å². The molecule has 0 radical (unpaired) electrons. The highest BCUT2D eigenvalue weighted by molar-refractivity contribution is 7.09. The zero-order valence-corrected chi connectivity index (χ0v) is 11.9. The molecule has 102 valence electrons. The normalized spacial score (nSPS) is 12.4. The summed E-state index contributed by atoms with van der Waals surface area (Å²) in [6.07, 6.45) is 4.23. The zero-order chi connectivity index (χ0) is 13.7. The third-order valence-corrected chi connectivity index (χ3v) is 3.55. The number of hydrazine groups is 1. The van der Waals surface area contributed by atoms with Crippen LogP contribution in [0.4, 0.5) is 0 Å². The molecule has 0 amide bonds. The first-order chi connectivity index (χ1) is 9.22. The van der Waals surface area contributed by atoms with E-state index in [1.54, 1.807) is 23.7 Å². The van der Waals surface area contributed by atoms with Crippen LogP contribution in [0, 0.1) is 6.92 Å². The number of nitrogens with zero attached hydrogens (tertiary/aromatic N) is 2. The Morgan fingerprint density at radius 1 is 1.47 bits per heavy atom. The van der Waals surface area contributed by atoms with Gasteiger partial charge in [0.2, 0.25) is 0 Å². The van der Waals surface area contributed by atoms with Crippen molar-refractivity contribution in [3.63, 3.8) is 0 Å². The topological polar surface area (TPSA) is 73.1 Å². The van der Waals surface area contributed by atoms with Gasteiger partial charge >= 0.3 is 0 Å². The van der Waals surface area contributed by atoms with Gasteiger partial charge in [0.05, 0.1) is 29.5 Å². The highest BCUT2D eigenvalue weighted by Crippen LogP contribution is 2.21. The minimum absolute atomic E-state index is 0.0191. The minimum Gasteiger partial charge on any atom is -0.492 e. The average Bonchev–Trinajstić information content (AvgIpc) is 2.82. The fourth-order valence-corrected chi connectivity index (χ4v) is 2.48. The van der Waals surface area contributed by atoms with Gasteiger partial charge in [-0.1, -0.05) is 0 Å². The summed E-state index contributed by atoms with van der Waals surface area (Å²) in [5.74, 6) is 6.40. The van der Waals surface area contributed by atoms with Crippen molar-refractivity contribution in [2.24, 2.45) is 5.84 Å². The highest BCUT2D eigenvalue weighted by atomic mass is 32.1. The lowest BCUT2D eigenvalue weighted by atomic mass is 10.1. The van der Waals surface area contributed by atoms with Crippen molar-refractivity contribution in [2.75, 3.05) is 6.61 Å². The van der Waals surface area contributed by atoms with Gasteiger partial charge in [-0.2, -0.15) is 0 Å². The number of thiazole rings is 1. The van der Waals surface area contributed by atoms with Crippen molar-refractivity contribution in [3.05, 3.63) is 40.1 Å². The van der Waals surface area contributed by atoms with E-state index in [1.807, 2.05) is 19.9 Å². The Morgan fingerprint density at radius 3 is 2.95 bits per heavy atom. The number of aryl methyl sites for hydroxylation is 1. The number of aromatic nitrogens is 2. The van der Waals surface area contributed by atoms with Crippen molar-refractivity contribution in [2.45, 2.75) is 26.3 Å². The summed E-state index contributed by atoms with van der Waals surface area (Å²) in [6.45, 7) is 4.57. The van der Waals surface area contributed by atoms with Crippen LogP contribution in [0.15, 0.2) is 23.8 Å². The fraction of sp³-hybridized carbons (Fsp3) is 0.385. The Hall–Kier alpha value is -1.50. The van der Waals surface area contributed by atoms with Gasteiger partial charge in [0.15, 0.2) is 0 Å². The van der Waals surface area contributed by atoms with Gasteiger partial charge in [0, 0.05) is 18.0 Å². The Kier molecular flexibility index (Phi) is 4.84. The lowest BCUT2D eigenvalue weighted by molar-refractivity contribution is 0.337. The van der Waals surface area contributed by atoms with Crippen molar-refractivity contribution in [1.29, 1.82) is 0 Å². The van der Waals surface area contributed by atoms with Crippen LogP contribution in [0.3, 0.4) is 0 Å². The number of nitrogens with two attached hydrogens (primary N) is 1. The van der Waals surface area contributed by atoms with Crippen LogP contribution in [0.1, 0.15) is 29.2 Å². The maximum Gasteiger partial charge on any atom is 0.137 e. The van der Waals surface area contributed by atoms with Crippen molar-refractivity contribution in [1.82, 2.24) is 15.4 Å². The SMILES string of the molecule is CCOc1cncc(C(Cc2csc(C)n2)NN)c1. The van der Waals surface area contributed by atoms with Gasteiger partial charge in [-0.15, -0.1) is 11.3 Å². The Balaban J connectivity index is 2.14. The smallest absolute Gasteiger partial charge is 0.137 e. The van der Waals surface area contributed by atoms with Gasteiger partial charge < -0.3 is 4.74 Å². The monoisotopic (exact) mass is 278 g/mol. The number of hydrogen-bond acceptors (Lipinski definition) is 6. The molecule has 0 bridgehead atoms. The summed E-state index contributed by atoms with van der Waals surface area (Å²) in [7, 11) is 0. The van der Waals surface area contributed by atoms with E-state index in [2.05, 4.69) is 20.8 Å². The number of ether oxygens (including phenoxy) is 1. The van der Waals surface area contributed by atoms with E-state index in [-0.39, 0.29) is 6.04 Å². The van der Waals surface area contributed by atoms with E-state index in [0.717, 1.165) is 28.4 Å². The van der Waals surface area contributed by atoms with Crippen LogP contribution in [-0.4, -0.2) is 16.6 Å². The van der Waals surface area contributed by atoms with Gasteiger partial charge in [-0.05, 0) is 25.5 Å². The summed E-state index contributed by atoms with van der Waals surface area (Å²) in [6, 6.07) is 1.94. The maximum absolute atomic E-state index is 5.64. The van der Waals surface area contributed by atoms with Gasteiger partial charge in [0.1, 0.15) is 5.75 Å². The third kappa shape index (κ3) is 3.73. The molecule has 0 aliphatic rings. The van der Waals surface area contributed by atoms with E-state index in [0.29, 0.717) is 6.61 Å². The molecule has 2 aromatic heterocycles. The van der Waals surface area contributed by atoms with Gasteiger partial charge in [0.25, 0.3) is 0 Å². The summed E-state index contributed by atoms with van der Waals surface area (Å²) >= 11 is 1.64. The predicted molar refractivity (Wildman–Crippen MR) is 76.0 cm³/mol. The molecular formula is C13H18N4OS. The first-order valence-corrected chi connectivity index (χ1v) is 7.05. The molecule has 1 unspecified atom stereocenters. The molecule has 6 heteroatoms. The quantitative estimate of drug-likeness (QED) is 0.624. The number of nitrogens with one attached hydrogen (secondary N) is 1. The van der Waals surface area contributed by atoms with Crippen LogP contribution >= 0.6 is 11.3 Å². The standard InChI is InChI=1S/C13H18N4OS/c1-3-18-12-4-10(6-15-7-12)13(17-14)5-11-8-19-9(2)16-11/h4,6-8,13,17H,3,5,14H2,1-2H3. The molecule has 2 heterocycles. The predicted octanol–water partition coefficient (Wildman–Crippen LogP) is 1.99. The lowest BCUT2D eigenvalue weighted by Crippen LogP contribution is -2.29. The van der Waals surface area contributed by atoms with Crippen molar-refractivity contribution in [3.8, 4) is 5.75 Å². The first-order valence-electron chi connectivity index (χ1n) is 6.17. The summed E-state index contributed by atoms with van der Waals surface area (Å²) in [5, 5.41) is 3.12. The molecule has 1 atom stereocenters. The lowest BCUT2D eigenvalue weighted by Gasteiger charge is -2.15.